The topological polar surface area (TPSA) is 38.3 Å². The van der Waals surface area contributed by atoms with Crippen molar-refractivity contribution in [3.8, 4) is 5.75 Å². The van der Waals surface area contributed by atoms with Crippen molar-refractivity contribution in [2.75, 3.05) is 0 Å². The summed E-state index contributed by atoms with van der Waals surface area (Å²) < 4.78 is 28.7. The van der Waals surface area contributed by atoms with Gasteiger partial charge in [0.15, 0.2) is 0 Å². The Kier molecular flexibility index (Phi) is 5.31. The zero-order valence-corrected chi connectivity index (χ0v) is 11.9. The Morgan fingerprint density at radius 1 is 1.33 bits per heavy atom. The Balaban J connectivity index is 2.01. The maximum Gasteiger partial charge on any atom is 0.387 e. The number of halogens is 2. The lowest BCUT2D eigenvalue weighted by Crippen LogP contribution is -2.34. The summed E-state index contributed by atoms with van der Waals surface area (Å²) in [4.78, 5) is 12.2. The van der Waals surface area contributed by atoms with E-state index in [-0.39, 0.29) is 17.7 Å². The van der Waals surface area contributed by atoms with Gasteiger partial charge in [0.1, 0.15) is 5.75 Å². The lowest BCUT2D eigenvalue weighted by Gasteiger charge is -2.21. The number of carbonyl (C=O) groups is 1. The fourth-order valence-electron chi connectivity index (χ4n) is 2.44. The molecule has 0 fully saturated rings. The molecule has 1 N–H and O–H groups in total. The van der Waals surface area contributed by atoms with Crippen LogP contribution in [0, 0.1) is 0 Å². The highest BCUT2D eigenvalue weighted by Crippen LogP contribution is 2.21. The van der Waals surface area contributed by atoms with Crippen LogP contribution in [0.5, 0.6) is 5.75 Å². The quantitative estimate of drug-likeness (QED) is 0.836. The smallest absolute Gasteiger partial charge is 0.387 e. The molecule has 1 aromatic carbocycles. The van der Waals surface area contributed by atoms with Gasteiger partial charge in [-0.2, -0.15) is 8.78 Å². The van der Waals surface area contributed by atoms with Gasteiger partial charge in [0, 0.05) is 11.6 Å². The average molecular weight is 295 g/mol. The first-order valence-electron chi connectivity index (χ1n) is 7.11. The summed E-state index contributed by atoms with van der Waals surface area (Å²) in [6.07, 6.45) is 6.55. The van der Waals surface area contributed by atoms with Crippen molar-refractivity contribution in [3.63, 3.8) is 0 Å². The third kappa shape index (κ3) is 4.55. The van der Waals surface area contributed by atoms with Gasteiger partial charge in [-0.05, 0) is 50.8 Å². The first kappa shape index (κ1) is 15.5. The van der Waals surface area contributed by atoms with Crippen molar-refractivity contribution < 1.29 is 18.3 Å². The summed E-state index contributed by atoms with van der Waals surface area (Å²) in [6.45, 7) is -0.955. The van der Waals surface area contributed by atoms with Crippen LogP contribution in [-0.2, 0) is 0 Å². The van der Waals surface area contributed by atoms with Gasteiger partial charge in [-0.3, -0.25) is 4.79 Å². The standard InChI is InChI=1S/C16H19F2NO2/c1-11(12-6-3-2-4-7-12)19-15(20)13-8-5-9-14(10-13)21-16(17)18/h5-6,8-11,16H,2-4,7H2,1H3,(H,19,20). The molecule has 1 amide bonds. The molecule has 3 nitrogen and oxygen atoms in total. The second-order valence-corrected chi connectivity index (χ2v) is 5.13. The van der Waals surface area contributed by atoms with E-state index < -0.39 is 6.61 Å². The van der Waals surface area contributed by atoms with Crippen molar-refractivity contribution in [2.24, 2.45) is 0 Å². The van der Waals surface area contributed by atoms with E-state index in [4.69, 9.17) is 0 Å². The van der Waals surface area contributed by atoms with Gasteiger partial charge in [0.2, 0.25) is 0 Å². The number of hydrogen-bond acceptors (Lipinski definition) is 2. The third-order valence-corrected chi connectivity index (χ3v) is 3.55. The summed E-state index contributed by atoms with van der Waals surface area (Å²) in [6, 6.07) is 5.78. The number of carbonyl (C=O) groups excluding carboxylic acids is 1. The Labute approximate surface area is 123 Å². The van der Waals surface area contributed by atoms with Crippen molar-refractivity contribution >= 4 is 5.91 Å². The highest BCUT2D eigenvalue weighted by atomic mass is 19.3. The first-order valence-corrected chi connectivity index (χ1v) is 7.11. The van der Waals surface area contributed by atoms with Gasteiger partial charge in [-0.15, -0.1) is 0 Å². The summed E-state index contributed by atoms with van der Waals surface area (Å²) in [5.41, 5.74) is 1.55. The minimum Gasteiger partial charge on any atom is -0.435 e. The molecule has 1 aliphatic carbocycles. The number of hydrogen-bond donors (Lipinski definition) is 1. The number of amides is 1. The molecule has 0 saturated heterocycles. The molecule has 21 heavy (non-hydrogen) atoms. The predicted octanol–water partition coefficient (Wildman–Crippen LogP) is 3.91. The minimum absolute atomic E-state index is 0.0119. The molecule has 1 atom stereocenters. The van der Waals surface area contributed by atoms with Crippen LogP contribution < -0.4 is 10.1 Å². The van der Waals surface area contributed by atoms with E-state index in [2.05, 4.69) is 16.1 Å². The number of alkyl halides is 2. The van der Waals surface area contributed by atoms with E-state index >= 15 is 0 Å². The lowest BCUT2D eigenvalue weighted by atomic mass is 9.94. The van der Waals surface area contributed by atoms with Crippen molar-refractivity contribution in [1.82, 2.24) is 5.32 Å². The fourth-order valence-corrected chi connectivity index (χ4v) is 2.44. The van der Waals surface area contributed by atoms with Crippen molar-refractivity contribution in [2.45, 2.75) is 45.3 Å². The van der Waals surface area contributed by atoms with Gasteiger partial charge >= 0.3 is 6.61 Å². The molecule has 1 aliphatic rings. The second-order valence-electron chi connectivity index (χ2n) is 5.13. The van der Waals surface area contributed by atoms with E-state index in [1.807, 2.05) is 6.92 Å². The van der Waals surface area contributed by atoms with Gasteiger partial charge in [0.25, 0.3) is 5.91 Å². The number of ether oxygens (including phenoxy) is 1. The van der Waals surface area contributed by atoms with Crippen LogP contribution in [0.2, 0.25) is 0 Å². The molecular formula is C16H19F2NO2. The van der Waals surface area contributed by atoms with E-state index in [9.17, 15) is 13.6 Å². The Bertz CT molecular complexity index is 529. The number of nitrogens with one attached hydrogen (secondary N) is 1. The molecule has 0 heterocycles. The van der Waals surface area contributed by atoms with Crippen LogP contribution >= 0.6 is 0 Å². The first-order chi connectivity index (χ1) is 10.1. The molecule has 0 bridgehead atoms. The molecule has 0 aliphatic heterocycles. The molecule has 114 valence electrons. The highest BCUT2D eigenvalue weighted by molar-refractivity contribution is 5.94. The molecule has 0 spiro atoms. The normalized spacial score (nSPS) is 16.3. The molecule has 0 aromatic heterocycles. The SMILES string of the molecule is CC(NC(=O)c1cccc(OC(F)F)c1)C1=CCCCC1. The van der Waals surface area contributed by atoms with Crippen molar-refractivity contribution in [3.05, 3.63) is 41.5 Å². The van der Waals surface area contributed by atoms with Crippen LogP contribution in [0.1, 0.15) is 43.0 Å². The molecule has 2 rings (SSSR count). The third-order valence-electron chi connectivity index (χ3n) is 3.55. The molecule has 0 radical (unpaired) electrons. The largest absolute Gasteiger partial charge is 0.435 e. The number of allylic oxidation sites excluding steroid dienone is 1. The molecule has 1 unspecified atom stereocenters. The summed E-state index contributed by atoms with van der Waals surface area (Å²) in [5, 5.41) is 2.90. The Hall–Kier alpha value is -1.91. The van der Waals surface area contributed by atoms with E-state index in [1.165, 1.54) is 30.2 Å². The molecule has 5 heteroatoms. The number of benzene rings is 1. The van der Waals surface area contributed by atoms with Gasteiger partial charge in [-0.1, -0.05) is 17.7 Å². The van der Waals surface area contributed by atoms with Crippen LogP contribution in [0.3, 0.4) is 0 Å². The van der Waals surface area contributed by atoms with E-state index in [0.717, 1.165) is 19.3 Å². The molecule has 0 saturated carbocycles. The minimum atomic E-state index is -2.89. The zero-order chi connectivity index (χ0) is 15.2. The van der Waals surface area contributed by atoms with Crippen LogP contribution in [0.4, 0.5) is 8.78 Å². The molecule has 1 aromatic rings. The summed E-state index contributed by atoms with van der Waals surface area (Å²) in [7, 11) is 0. The van der Waals surface area contributed by atoms with E-state index in [0.29, 0.717) is 5.56 Å². The lowest BCUT2D eigenvalue weighted by molar-refractivity contribution is -0.0498. The monoisotopic (exact) mass is 295 g/mol. The second kappa shape index (κ2) is 7.20. The van der Waals surface area contributed by atoms with E-state index in [1.54, 1.807) is 6.07 Å². The van der Waals surface area contributed by atoms with Crippen molar-refractivity contribution in [1.29, 1.82) is 0 Å². The van der Waals surface area contributed by atoms with Gasteiger partial charge in [-0.25, -0.2) is 0 Å². The maximum atomic E-state index is 12.2. The average Bonchev–Trinajstić information content (AvgIpc) is 2.47. The van der Waals surface area contributed by atoms with Gasteiger partial charge in [0.05, 0.1) is 0 Å². The number of rotatable bonds is 5. The Morgan fingerprint density at radius 3 is 2.81 bits per heavy atom. The predicted molar refractivity (Wildman–Crippen MR) is 76.6 cm³/mol. The molecular weight excluding hydrogens is 276 g/mol. The van der Waals surface area contributed by atoms with Gasteiger partial charge < -0.3 is 10.1 Å². The van der Waals surface area contributed by atoms with Crippen LogP contribution in [0.15, 0.2) is 35.9 Å². The highest BCUT2D eigenvalue weighted by Gasteiger charge is 2.16. The van der Waals surface area contributed by atoms with Crippen LogP contribution in [0.25, 0.3) is 0 Å². The maximum absolute atomic E-state index is 12.2. The zero-order valence-electron chi connectivity index (χ0n) is 11.9. The van der Waals surface area contributed by atoms with Crippen LogP contribution in [-0.4, -0.2) is 18.6 Å². The summed E-state index contributed by atoms with van der Waals surface area (Å²) in [5.74, 6) is -0.295. The fraction of sp³-hybridized carbons (Fsp3) is 0.438. The summed E-state index contributed by atoms with van der Waals surface area (Å²) >= 11 is 0. The Morgan fingerprint density at radius 2 is 2.14 bits per heavy atom.